The highest BCUT2D eigenvalue weighted by atomic mass is 16.7. The number of anilines is 1. The number of hydrogen-bond donors (Lipinski definition) is 1. The molecule has 0 radical (unpaired) electrons. The summed E-state index contributed by atoms with van der Waals surface area (Å²) in [4.78, 5) is 6.66. The number of aromatic nitrogens is 2. The normalized spacial score (nSPS) is 10.5. The summed E-state index contributed by atoms with van der Waals surface area (Å²) in [5, 5.41) is 5.21. The fourth-order valence-electron chi connectivity index (χ4n) is 1.21. The number of benzene rings is 1. The molecule has 13 heavy (non-hydrogen) atoms. The smallest absolute Gasteiger partial charge is 0.114 e. The van der Waals surface area contributed by atoms with Crippen molar-refractivity contribution in [2.45, 2.75) is 6.92 Å². The Hall–Kier alpha value is -1.71. The summed E-state index contributed by atoms with van der Waals surface area (Å²) in [6, 6.07) is 5.60. The van der Waals surface area contributed by atoms with E-state index in [1.807, 2.05) is 31.3 Å². The van der Waals surface area contributed by atoms with Crippen LogP contribution in [0.3, 0.4) is 0 Å². The van der Waals surface area contributed by atoms with Gasteiger partial charge in [-0.2, -0.15) is 0 Å². The van der Waals surface area contributed by atoms with Gasteiger partial charge in [-0.3, -0.25) is 0 Å². The molecule has 68 valence electrons. The molecule has 0 spiro atoms. The Morgan fingerprint density at radius 1 is 1.54 bits per heavy atom. The molecule has 0 bridgehead atoms. The molecule has 2 N–H and O–H groups in total. The van der Waals surface area contributed by atoms with Crippen LogP contribution in [0.1, 0.15) is 6.92 Å². The van der Waals surface area contributed by atoms with E-state index in [4.69, 9.17) is 10.6 Å². The summed E-state index contributed by atoms with van der Waals surface area (Å²) >= 11 is 0. The van der Waals surface area contributed by atoms with Crippen molar-refractivity contribution in [1.29, 1.82) is 0 Å². The second-order valence-corrected chi connectivity index (χ2v) is 2.77. The molecule has 0 saturated heterocycles. The van der Waals surface area contributed by atoms with Crippen LogP contribution in [0, 0.1) is 0 Å². The number of rotatable bonds is 2. The molecular formula is C9H11N3O. The number of nitrogens with two attached hydrogens (primary N) is 1. The van der Waals surface area contributed by atoms with E-state index in [-0.39, 0.29) is 0 Å². The fourth-order valence-corrected chi connectivity index (χ4v) is 1.21. The second kappa shape index (κ2) is 2.97. The van der Waals surface area contributed by atoms with Gasteiger partial charge < -0.3 is 10.6 Å². The van der Waals surface area contributed by atoms with Crippen molar-refractivity contribution < 1.29 is 4.84 Å². The summed E-state index contributed by atoms with van der Waals surface area (Å²) < 4.78 is 0. The topological polar surface area (TPSA) is 53.1 Å². The molecule has 1 heterocycles. The standard InChI is InChI=1S/C9H11N3O/c1-2-13-12-6-7-3-4-8(10)5-9(7)11-12/h3-6H,2,10H2,1H3. The lowest BCUT2D eigenvalue weighted by Gasteiger charge is -1.97. The van der Waals surface area contributed by atoms with Gasteiger partial charge in [0.25, 0.3) is 0 Å². The van der Waals surface area contributed by atoms with Crippen molar-refractivity contribution in [2.75, 3.05) is 12.3 Å². The van der Waals surface area contributed by atoms with E-state index < -0.39 is 0 Å². The van der Waals surface area contributed by atoms with Crippen LogP contribution in [0.25, 0.3) is 10.9 Å². The molecule has 0 saturated carbocycles. The van der Waals surface area contributed by atoms with Crippen LogP contribution >= 0.6 is 0 Å². The Balaban J connectivity index is 2.49. The van der Waals surface area contributed by atoms with Crippen molar-refractivity contribution in [3.05, 3.63) is 24.4 Å². The Bertz CT molecular complexity index is 422. The summed E-state index contributed by atoms with van der Waals surface area (Å²) in [6.45, 7) is 2.52. The van der Waals surface area contributed by atoms with E-state index in [0.29, 0.717) is 12.3 Å². The Kier molecular flexibility index (Phi) is 1.81. The first-order chi connectivity index (χ1) is 6.29. The molecule has 2 aromatic rings. The summed E-state index contributed by atoms with van der Waals surface area (Å²) in [6.07, 6.45) is 1.83. The van der Waals surface area contributed by atoms with Gasteiger partial charge in [0, 0.05) is 11.1 Å². The second-order valence-electron chi connectivity index (χ2n) is 2.77. The Morgan fingerprint density at radius 3 is 3.15 bits per heavy atom. The zero-order valence-electron chi connectivity index (χ0n) is 7.40. The van der Waals surface area contributed by atoms with Crippen LogP contribution in [0.15, 0.2) is 24.4 Å². The molecule has 2 rings (SSSR count). The number of nitrogen functional groups attached to an aromatic ring is 1. The molecule has 1 aromatic heterocycles. The van der Waals surface area contributed by atoms with Crippen molar-refractivity contribution >= 4 is 16.6 Å². The van der Waals surface area contributed by atoms with Gasteiger partial charge in [-0.15, -0.1) is 9.94 Å². The van der Waals surface area contributed by atoms with Crippen LogP contribution in [0.4, 0.5) is 5.69 Å². The molecule has 0 aliphatic heterocycles. The van der Waals surface area contributed by atoms with Crippen LogP contribution in [0.5, 0.6) is 0 Å². The van der Waals surface area contributed by atoms with Gasteiger partial charge in [-0.1, -0.05) is 0 Å². The molecule has 4 heteroatoms. The van der Waals surface area contributed by atoms with Crippen LogP contribution in [-0.4, -0.2) is 16.6 Å². The molecule has 0 aliphatic rings. The lowest BCUT2D eigenvalue weighted by molar-refractivity contribution is 0.0944. The van der Waals surface area contributed by atoms with E-state index in [9.17, 15) is 0 Å². The maximum absolute atomic E-state index is 5.62. The SMILES string of the molecule is CCOn1cc2ccc(N)cc2n1. The third-order valence-corrected chi connectivity index (χ3v) is 1.77. The van der Waals surface area contributed by atoms with Crippen molar-refractivity contribution in [3.63, 3.8) is 0 Å². The van der Waals surface area contributed by atoms with Gasteiger partial charge >= 0.3 is 0 Å². The predicted octanol–water partition coefficient (Wildman–Crippen LogP) is 1.07. The first-order valence-corrected chi connectivity index (χ1v) is 4.18. The molecular weight excluding hydrogens is 166 g/mol. The first kappa shape index (κ1) is 7.91. The molecule has 0 unspecified atom stereocenters. The van der Waals surface area contributed by atoms with Crippen molar-refractivity contribution in [1.82, 2.24) is 9.94 Å². The van der Waals surface area contributed by atoms with Crippen molar-refractivity contribution in [2.24, 2.45) is 0 Å². The largest absolute Gasteiger partial charge is 0.399 e. The van der Waals surface area contributed by atoms with Gasteiger partial charge in [0.2, 0.25) is 0 Å². The molecule has 0 fully saturated rings. The minimum atomic E-state index is 0.601. The van der Waals surface area contributed by atoms with Gasteiger partial charge in [0.05, 0.1) is 11.7 Å². The lowest BCUT2D eigenvalue weighted by Crippen LogP contribution is -2.10. The van der Waals surface area contributed by atoms with Crippen LogP contribution < -0.4 is 10.6 Å². The summed E-state index contributed by atoms with van der Waals surface area (Å²) in [7, 11) is 0. The third-order valence-electron chi connectivity index (χ3n) is 1.77. The summed E-state index contributed by atoms with van der Waals surface area (Å²) in [5.74, 6) is 0. The summed E-state index contributed by atoms with van der Waals surface area (Å²) in [5.41, 5.74) is 7.19. The van der Waals surface area contributed by atoms with E-state index >= 15 is 0 Å². The van der Waals surface area contributed by atoms with Gasteiger partial charge in [0.1, 0.15) is 6.61 Å². The number of nitrogens with zero attached hydrogens (tertiary/aromatic N) is 2. The van der Waals surface area contributed by atoms with E-state index in [2.05, 4.69) is 5.10 Å². The first-order valence-electron chi connectivity index (χ1n) is 4.18. The minimum absolute atomic E-state index is 0.601. The average molecular weight is 177 g/mol. The zero-order chi connectivity index (χ0) is 9.26. The van der Waals surface area contributed by atoms with Crippen LogP contribution in [0.2, 0.25) is 0 Å². The van der Waals surface area contributed by atoms with Crippen LogP contribution in [-0.2, 0) is 0 Å². The zero-order valence-corrected chi connectivity index (χ0v) is 7.40. The molecule has 1 aromatic carbocycles. The van der Waals surface area contributed by atoms with E-state index in [1.165, 1.54) is 4.85 Å². The predicted molar refractivity (Wildman–Crippen MR) is 51.3 cm³/mol. The Labute approximate surface area is 75.9 Å². The quantitative estimate of drug-likeness (QED) is 0.698. The van der Waals surface area contributed by atoms with E-state index in [0.717, 1.165) is 10.9 Å². The average Bonchev–Trinajstić information content (AvgIpc) is 2.46. The van der Waals surface area contributed by atoms with E-state index in [1.54, 1.807) is 0 Å². The third kappa shape index (κ3) is 1.42. The molecule has 0 amide bonds. The highest BCUT2D eigenvalue weighted by Gasteiger charge is 1.99. The Morgan fingerprint density at radius 2 is 2.38 bits per heavy atom. The highest BCUT2D eigenvalue weighted by molar-refractivity contribution is 5.81. The maximum Gasteiger partial charge on any atom is 0.114 e. The highest BCUT2D eigenvalue weighted by Crippen LogP contribution is 2.14. The van der Waals surface area contributed by atoms with Gasteiger partial charge in [0.15, 0.2) is 0 Å². The van der Waals surface area contributed by atoms with Gasteiger partial charge in [-0.25, -0.2) is 0 Å². The monoisotopic (exact) mass is 177 g/mol. The molecule has 0 aliphatic carbocycles. The number of hydrogen-bond acceptors (Lipinski definition) is 3. The minimum Gasteiger partial charge on any atom is -0.399 e. The fraction of sp³-hybridized carbons (Fsp3) is 0.222. The lowest BCUT2D eigenvalue weighted by atomic mass is 10.2. The van der Waals surface area contributed by atoms with Gasteiger partial charge in [-0.05, 0) is 25.1 Å². The van der Waals surface area contributed by atoms with Crippen molar-refractivity contribution in [3.8, 4) is 0 Å². The number of fused-ring (bicyclic) bond motifs is 1. The molecule has 0 atom stereocenters. The molecule has 4 nitrogen and oxygen atoms in total. The maximum atomic E-state index is 5.62.